The van der Waals surface area contributed by atoms with E-state index in [0.29, 0.717) is 29.8 Å². The largest absolute Gasteiger partial charge is 0.494 e. The lowest BCUT2D eigenvalue weighted by Gasteiger charge is -2.25. The van der Waals surface area contributed by atoms with Gasteiger partial charge in [-0.2, -0.15) is 4.98 Å². The number of nitrogens with zero attached hydrogens (tertiary/aromatic N) is 4. The number of piperazine rings is 1. The summed E-state index contributed by atoms with van der Waals surface area (Å²) in [6, 6.07) is 11.6. The van der Waals surface area contributed by atoms with Crippen LogP contribution in [0.4, 0.5) is 0 Å². The fraction of sp³-hybridized carbons (Fsp3) is 0.304. The molecule has 0 unspecified atom stereocenters. The number of fused-ring (bicyclic) bond motifs is 1. The van der Waals surface area contributed by atoms with Gasteiger partial charge in [-0.1, -0.05) is 28.9 Å². The number of aromatic hydroxyl groups is 1. The number of aryl methyl sites for hydroxylation is 1. The molecule has 3 heterocycles. The predicted octanol–water partition coefficient (Wildman–Crippen LogP) is 3.81. The number of hydrogen-bond donors (Lipinski definition) is 2. The Morgan fingerprint density at radius 3 is 2.68 bits per heavy atom. The Balaban J connectivity index is 1.42. The lowest BCUT2D eigenvalue weighted by Crippen LogP contribution is -2.42. The van der Waals surface area contributed by atoms with Crippen molar-refractivity contribution in [3.8, 4) is 17.3 Å². The van der Waals surface area contributed by atoms with Crippen molar-refractivity contribution in [3.63, 3.8) is 0 Å². The molecule has 0 amide bonds. The Hall–Kier alpha value is -2.87. The summed E-state index contributed by atoms with van der Waals surface area (Å²) < 4.78 is 7.35. The van der Waals surface area contributed by atoms with Crippen molar-refractivity contribution in [2.45, 2.75) is 20.0 Å². The number of benzene rings is 2. The van der Waals surface area contributed by atoms with Crippen molar-refractivity contribution in [1.82, 2.24) is 24.9 Å². The highest BCUT2D eigenvalue weighted by Crippen LogP contribution is 2.34. The zero-order chi connectivity index (χ0) is 21.4. The molecule has 4 aromatic rings. The number of aromatic nitrogens is 3. The SMILES string of the molecule is Cc1cc(-c2noc(CN3CCNCC3)n2)cc2cn(Cc3ccc(Cl)cc3)c(O)c12. The van der Waals surface area contributed by atoms with Crippen molar-refractivity contribution in [3.05, 3.63) is 64.6 Å². The van der Waals surface area contributed by atoms with Gasteiger partial charge in [0.05, 0.1) is 13.1 Å². The van der Waals surface area contributed by atoms with Crippen LogP contribution in [-0.4, -0.2) is 50.9 Å². The molecular formula is C23H24ClN5O2. The number of halogens is 1. The van der Waals surface area contributed by atoms with Crippen molar-refractivity contribution >= 4 is 22.4 Å². The van der Waals surface area contributed by atoms with E-state index in [1.54, 1.807) is 0 Å². The summed E-state index contributed by atoms with van der Waals surface area (Å²) in [4.78, 5) is 6.91. The van der Waals surface area contributed by atoms with Gasteiger partial charge >= 0.3 is 0 Å². The third kappa shape index (κ3) is 4.17. The maximum atomic E-state index is 10.8. The second-order valence-corrected chi connectivity index (χ2v) is 8.44. The summed E-state index contributed by atoms with van der Waals surface area (Å²) in [7, 11) is 0. The first-order valence-electron chi connectivity index (χ1n) is 10.4. The van der Waals surface area contributed by atoms with Gasteiger partial charge in [-0.25, -0.2) is 0 Å². The lowest BCUT2D eigenvalue weighted by molar-refractivity contribution is 0.203. The Bertz CT molecular complexity index is 1210. The van der Waals surface area contributed by atoms with Gasteiger partial charge in [0.25, 0.3) is 0 Å². The van der Waals surface area contributed by atoms with Crippen LogP contribution in [0.1, 0.15) is 17.0 Å². The van der Waals surface area contributed by atoms with Crippen LogP contribution in [0, 0.1) is 6.92 Å². The van der Waals surface area contributed by atoms with Crippen LogP contribution >= 0.6 is 11.6 Å². The highest BCUT2D eigenvalue weighted by Gasteiger charge is 2.18. The minimum Gasteiger partial charge on any atom is -0.494 e. The first-order chi connectivity index (χ1) is 15.1. The predicted molar refractivity (Wildman–Crippen MR) is 120 cm³/mol. The number of rotatable bonds is 5. The molecule has 2 aromatic carbocycles. The summed E-state index contributed by atoms with van der Waals surface area (Å²) in [5, 5.41) is 20.8. The summed E-state index contributed by atoms with van der Waals surface area (Å²) >= 11 is 5.98. The average Bonchev–Trinajstić information content (AvgIpc) is 3.35. The molecule has 0 saturated carbocycles. The van der Waals surface area contributed by atoms with E-state index >= 15 is 0 Å². The second kappa shape index (κ2) is 8.34. The fourth-order valence-electron chi connectivity index (χ4n) is 4.13. The molecule has 1 aliphatic rings. The molecule has 1 aliphatic heterocycles. The van der Waals surface area contributed by atoms with E-state index in [2.05, 4.69) is 20.4 Å². The van der Waals surface area contributed by atoms with Gasteiger partial charge in [0.1, 0.15) is 0 Å². The Kier molecular flexibility index (Phi) is 5.40. The molecule has 31 heavy (non-hydrogen) atoms. The summed E-state index contributed by atoms with van der Waals surface area (Å²) in [6.45, 7) is 7.12. The molecule has 0 aliphatic carbocycles. The molecule has 0 atom stereocenters. The van der Waals surface area contributed by atoms with Crippen LogP contribution in [0.15, 0.2) is 47.1 Å². The standard InChI is InChI=1S/C23H24ClN5O2/c1-15-10-17(22-26-20(31-27-22)14-28-8-6-25-7-9-28)11-18-13-29(23(30)21(15)18)12-16-2-4-19(24)5-3-16/h2-5,10-11,13,25,30H,6-9,12,14H2,1H3. The monoisotopic (exact) mass is 437 g/mol. The van der Waals surface area contributed by atoms with E-state index in [9.17, 15) is 5.11 Å². The molecule has 2 aromatic heterocycles. The molecule has 2 N–H and O–H groups in total. The van der Waals surface area contributed by atoms with E-state index in [-0.39, 0.29) is 5.88 Å². The van der Waals surface area contributed by atoms with E-state index in [1.807, 2.05) is 54.1 Å². The van der Waals surface area contributed by atoms with Crippen molar-refractivity contribution in [2.75, 3.05) is 26.2 Å². The fourth-order valence-corrected chi connectivity index (χ4v) is 4.25. The zero-order valence-electron chi connectivity index (χ0n) is 17.3. The molecule has 1 fully saturated rings. The topological polar surface area (TPSA) is 79.4 Å². The molecular weight excluding hydrogens is 414 g/mol. The van der Waals surface area contributed by atoms with E-state index in [0.717, 1.165) is 53.6 Å². The molecule has 1 saturated heterocycles. The highest BCUT2D eigenvalue weighted by molar-refractivity contribution is 6.30. The van der Waals surface area contributed by atoms with Crippen molar-refractivity contribution < 1.29 is 9.63 Å². The zero-order valence-corrected chi connectivity index (χ0v) is 18.1. The Morgan fingerprint density at radius 2 is 1.90 bits per heavy atom. The molecule has 0 bridgehead atoms. The summed E-state index contributed by atoms with van der Waals surface area (Å²) in [5.74, 6) is 1.44. The third-order valence-corrected chi connectivity index (χ3v) is 5.97. The summed E-state index contributed by atoms with van der Waals surface area (Å²) in [5.41, 5.74) is 2.91. The first kappa shape index (κ1) is 20.1. The van der Waals surface area contributed by atoms with Crippen LogP contribution in [-0.2, 0) is 13.1 Å². The normalized spacial score (nSPS) is 15.0. The van der Waals surface area contributed by atoms with Gasteiger partial charge in [0.2, 0.25) is 11.7 Å². The van der Waals surface area contributed by atoms with Crippen molar-refractivity contribution in [2.24, 2.45) is 0 Å². The van der Waals surface area contributed by atoms with Gasteiger partial charge in [0.15, 0.2) is 5.88 Å². The minimum atomic E-state index is 0.251. The van der Waals surface area contributed by atoms with Crippen LogP contribution < -0.4 is 5.32 Å². The maximum Gasteiger partial charge on any atom is 0.241 e. The van der Waals surface area contributed by atoms with Crippen LogP contribution in [0.3, 0.4) is 0 Å². The molecule has 7 nitrogen and oxygen atoms in total. The van der Waals surface area contributed by atoms with Crippen LogP contribution in [0.5, 0.6) is 5.88 Å². The van der Waals surface area contributed by atoms with E-state index < -0.39 is 0 Å². The lowest BCUT2D eigenvalue weighted by atomic mass is 10.1. The minimum absolute atomic E-state index is 0.251. The van der Waals surface area contributed by atoms with Crippen molar-refractivity contribution in [1.29, 1.82) is 0 Å². The highest BCUT2D eigenvalue weighted by atomic mass is 35.5. The third-order valence-electron chi connectivity index (χ3n) is 5.72. The quantitative estimate of drug-likeness (QED) is 0.494. The Labute approximate surface area is 185 Å². The molecule has 160 valence electrons. The molecule has 5 rings (SSSR count). The van der Waals surface area contributed by atoms with Crippen LogP contribution in [0.25, 0.3) is 22.2 Å². The molecule has 0 radical (unpaired) electrons. The van der Waals surface area contributed by atoms with E-state index in [4.69, 9.17) is 16.1 Å². The number of nitrogens with one attached hydrogen (secondary N) is 1. The van der Waals surface area contributed by atoms with Gasteiger partial charge in [-0.15, -0.1) is 0 Å². The first-order valence-corrected chi connectivity index (χ1v) is 10.8. The molecule has 8 heteroatoms. The number of hydrogen-bond acceptors (Lipinski definition) is 6. The van der Waals surface area contributed by atoms with Gasteiger partial charge in [0, 0.05) is 53.7 Å². The van der Waals surface area contributed by atoms with Gasteiger partial charge in [-0.3, -0.25) is 4.90 Å². The molecule has 0 spiro atoms. The van der Waals surface area contributed by atoms with Crippen LogP contribution in [0.2, 0.25) is 5.02 Å². The maximum absolute atomic E-state index is 10.8. The second-order valence-electron chi connectivity index (χ2n) is 8.00. The average molecular weight is 438 g/mol. The smallest absolute Gasteiger partial charge is 0.241 e. The Morgan fingerprint density at radius 1 is 1.13 bits per heavy atom. The van der Waals surface area contributed by atoms with Gasteiger partial charge < -0.3 is 19.5 Å². The van der Waals surface area contributed by atoms with E-state index in [1.165, 1.54) is 0 Å². The van der Waals surface area contributed by atoms with Gasteiger partial charge in [-0.05, 0) is 42.3 Å². The summed E-state index contributed by atoms with van der Waals surface area (Å²) in [6.07, 6.45) is 1.96.